The van der Waals surface area contributed by atoms with Gasteiger partial charge in [-0.05, 0) is 17.9 Å². The second kappa shape index (κ2) is 6.75. The van der Waals surface area contributed by atoms with Crippen molar-refractivity contribution in [2.24, 2.45) is 0 Å². The Morgan fingerprint density at radius 1 is 1.30 bits per heavy atom. The van der Waals surface area contributed by atoms with Crippen molar-refractivity contribution in [2.45, 2.75) is 19.4 Å². The minimum Gasteiger partial charge on any atom is -0.480 e. The van der Waals surface area contributed by atoms with Crippen molar-refractivity contribution >= 4 is 16.7 Å². The third-order valence-corrected chi connectivity index (χ3v) is 3.10. The van der Waals surface area contributed by atoms with E-state index in [-0.39, 0.29) is 5.91 Å². The fourth-order valence-corrected chi connectivity index (χ4v) is 2.06. The molecule has 1 N–H and O–H groups in total. The number of amides is 1. The van der Waals surface area contributed by atoms with Crippen LogP contribution in [0.25, 0.3) is 10.8 Å². The monoisotopic (exact) mass is 269 g/mol. The molecule has 2 aromatic carbocycles. The fraction of sp³-hybridized carbons (Fsp3) is 0.235. The molecule has 0 heterocycles. The SMILES string of the molecule is C=CCNC(=O)[C@@H](CC)Oc1cccc2ccccc12. The summed E-state index contributed by atoms with van der Waals surface area (Å²) < 4.78 is 5.89. The van der Waals surface area contributed by atoms with Gasteiger partial charge in [-0.15, -0.1) is 6.58 Å². The van der Waals surface area contributed by atoms with Gasteiger partial charge >= 0.3 is 0 Å². The van der Waals surface area contributed by atoms with E-state index in [1.165, 1.54) is 0 Å². The van der Waals surface area contributed by atoms with E-state index in [0.717, 1.165) is 16.5 Å². The van der Waals surface area contributed by atoms with Crippen LogP contribution in [0.5, 0.6) is 5.75 Å². The van der Waals surface area contributed by atoms with Crippen LogP contribution in [-0.4, -0.2) is 18.6 Å². The molecule has 0 saturated heterocycles. The highest BCUT2D eigenvalue weighted by Gasteiger charge is 2.18. The number of ether oxygens (including phenoxy) is 1. The van der Waals surface area contributed by atoms with Gasteiger partial charge in [-0.2, -0.15) is 0 Å². The zero-order chi connectivity index (χ0) is 14.4. The Kier molecular flexibility index (Phi) is 4.77. The Labute approximate surface area is 119 Å². The predicted octanol–water partition coefficient (Wildman–Crippen LogP) is 3.30. The van der Waals surface area contributed by atoms with Crippen LogP contribution in [0.15, 0.2) is 55.1 Å². The van der Waals surface area contributed by atoms with E-state index in [2.05, 4.69) is 11.9 Å². The Bertz CT molecular complexity index is 601. The van der Waals surface area contributed by atoms with Crippen LogP contribution in [0.1, 0.15) is 13.3 Å². The van der Waals surface area contributed by atoms with E-state index in [1.54, 1.807) is 6.08 Å². The smallest absolute Gasteiger partial charge is 0.261 e. The van der Waals surface area contributed by atoms with Gasteiger partial charge in [-0.3, -0.25) is 4.79 Å². The van der Waals surface area contributed by atoms with Crippen molar-refractivity contribution in [3.05, 3.63) is 55.1 Å². The molecule has 0 radical (unpaired) electrons. The molecule has 0 saturated carbocycles. The molecule has 0 aromatic heterocycles. The number of rotatable bonds is 6. The van der Waals surface area contributed by atoms with Crippen molar-refractivity contribution < 1.29 is 9.53 Å². The van der Waals surface area contributed by atoms with Crippen LogP contribution in [0.4, 0.5) is 0 Å². The van der Waals surface area contributed by atoms with Gasteiger partial charge in [0.25, 0.3) is 5.91 Å². The number of hydrogen-bond acceptors (Lipinski definition) is 2. The van der Waals surface area contributed by atoms with Gasteiger partial charge in [0.15, 0.2) is 6.10 Å². The maximum Gasteiger partial charge on any atom is 0.261 e. The highest BCUT2D eigenvalue weighted by molar-refractivity contribution is 5.89. The maximum absolute atomic E-state index is 12.0. The van der Waals surface area contributed by atoms with Crippen molar-refractivity contribution in [1.82, 2.24) is 5.32 Å². The molecule has 104 valence electrons. The van der Waals surface area contributed by atoms with E-state index in [9.17, 15) is 4.79 Å². The topological polar surface area (TPSA) is 38.3 Å². The molecule has 1 atom stereocenters. The number of carbonyl (C=O) groups excluding carboxylic acids is 1. The largest absolute Gasteiger partial charge is 0.480 e. The second-order valence-electron chi connectivity index (χ2n) is 4.53. The van der Waals surface area contributed by atoms with Gasteiger partial charge in [0.05, 0.1) is 0 Å². The van der Waals surface area contributed by atoms with Crippen LogP contribution in [-0.2, 0) is 4.79 Å². The third kappa shape index (κ3) is 3.18. The Hall–Kier alpha value is -2.29. The zero-order valence-electron chi connectivity index (χ0n) is 11.6. The van der Waals surface area contributed by atoms with E-state index >= 15 is 0 Å². The van der Waals surface area contributed by atoms with Crippen molar-refractivity contribution in [2.75, 3.05) is 6.54 Å². The molecule has 3 nitrogen and oxygen atoms in total. The first-order valence-corrected chi connectivity index (χ1v) is 6.79. The molecular formula is C17H19NO2. The molecule has 2 rings (SSSR count). The van der Waals surface area contributed by atoms with E-state index in [0.29, 0.717) is 13.0 Å². The zero-order valence-corrected chi connectivity index (χ0v) is 11.6. The molecule has 0 aliphatic heterocycles. The van der Waals surface area contributed by atoms with Gasteiger partial charge < -0.3 is 10.1 Å². The van der Waals surface area contributed by atoms with Gasteiger partial charge in [-0.25, -0.2) is 0 Å². The van der Waals surface area contributed by atoms with Crippen LogP contribution in [0, 0.1) is 0 Å². The molecule has 1 amide bonds. The lowest BCUT2D eigenvalue weighted by Gasteiger charge is -2.18. The molecule has 0 bridgehead atoms. The maximum atomic E-state index is 12.0. The van der Waals surface area contributed by atoms with Crippen LogP contribution >= 0.6 is 0 Å². The lowest BCUT2D eigenvalue weighted by Crippen LogP contribution is -2.38. The summed E-state index contributed by atoms with van der Waals surface area (Å²) >= 11 is 0. The molecule has 2 aromatic rings. The molecule has 20 heavy (non-hydrogen) atoms. The van der Waals surface area contributed by atoms with Crippen molar-refractivity contribution in [1.29, 1.82) is 0 Å². The van der Waals surface area contributed by atoms with E-state index in [4.69, 9.17) is 4.74 Å². The number of benzene rings is 2. The summed E-state index contributed by atoms with van der Waals surface area (Å²) in [5.74, 6) is 0.629. The Morgan fingerprint density at radius 2 is 2.05 bits per heavy atom. The Balaban J connectivity index is 2.21. The summed E-state index contributed by atoms with van der Waals surface area (Å²) in [5, 5.41) is 4.89. The van der Waals surface area contributed by atoms with E-state index in [1.807, 2.05) is 49.4 Å². The van der Waals surface area contributed by atoms with Gasteiger partial charge in [-0.1, -0.05) is 49.4 Å². The number of nitrogens with one attached hydrogen (secondary N) is 1. The summed E-state index contributed by atoms with van der Waals surface area (Å²) in [6.07, 6.45) is 1.79. The first-order chi connectivity index (χ1) is 9.76. The lowest BCUT2D eigenvalue weighted by atomic mass is 10.1. The number of fused-ring (bicyclic) bond motifs is 1. The molecular weight excluding hydrogens is 250 g/mol. The average molecular weight is 269 g/mol. The highest BCUT2D eigenvalue weighted by atomic mass is 16.5. The molecule has 0 aliphatic carbocycles. The molecule has 0 unspecified atom stereocenters. The normalized spacial score (nSPS) is 11.8. The summed E-state index contributed by atoms with van der Waals surface area (Å²) in [6.45, 7) is 5.97. The summed E-state index contributed by atoms with van der Waals surface area (Å²) in [5.41, 5.74) is 0. The summed E-state index contributed by atoms with van der Waals surface area (Å²) in [7, 11) is 0. The lowest BCUT2D eigenvalue weighted by molar-refractivity contribution is -0.127. The first-order valence-electron chi connectivity index (χ1n) is 6.79. The average Bonchev–Trinajstić information content (AvgIpc) is 2.50. The van der Waals surface area contributed by atoms with Crippen molar-refractivity contribution in [3.8, 4) is 5.75 Å². The Morgan fingerprint density at radius 3 is 2.80 bits per heavy atom. The van der Waals surface area contributed by atoms with Crippen molar-refractivity contribution in [3.63, 3.8) is 0 Å². The third-order valence-electron chi connectivity index (χ3n) is 3.10. The minimum absolute atomic E-state index is 0.111. The summed E-state index contributed by atoms with van der Waals surface area (Å²) in [4.78, 5) is 12.0. The second-order valence-corrected chi connectivity index (χ2v) is 4.53. The van der Waals surface area contributed by atoms with Crippen LogP contribution < -0.4 is 10.1 Å². The molecule has 0 aliphatic rings. The minimum atomic E-state index is -0.485. The number of carbonyl (C=O) groups is 1. The van der Waals surface area contributed by atoms with Crippen LogP contribution in [0.2, 0.25) is 0 Å². The number of hydrogen-bond donors (Lipinski definition) is 1. The highest BCUT2D eigenvalue weighted by Crippen LogP contribution is 2.26. The molecule has 0 fully saturated rings. The van der Waals surface area contributed by atoms with Gasteiger partial charge in [0.2, 0.25) is 0 Å². The van der Waals surface area contributed by atoms with E-state index < -0.39 is 6.10 Å². The van der Waals surface area contributed by atoms with Gasteiger partial charge in [0, 0.05) is 11.9 Å². The van der Waals surface area contributed by atoms with Crippen LogP contribution in [0.3, 0.4) is 0 Å². The predicted molar refractivity (Wildman–Crippen MR) is 81.9 cm³/mol. The van der Waals surface area contributed by atoms with Gasteiger partial charge in [0.1, 0.15) is 5.75 Å². The summed E-state index contributed by atoms with van der Waals surface area (Å²) in [6, 6.07) is 13.8. The quantitative estimate of drug-likeness (QED) is 0.817. The standard InChI is InChI=1S/C17H19NO2/c1-3-12-18-17(19)15(4-2)20-16-11-7-9-13-8-5-6-10-14(13)16/h3,5-11,15H,1,4,12H2,2H3,(H,18,19)/t15-/m1/s1. The molecule has 0 spiro atoms. The first kappa shape index (κ1) is 14.1. The molecule has 3 heteroatoms. The fourth-order valence-electron chi connectivity index (χ4n) is 2.06.